The van der Waals surface area contributed by atoms with Crippen LogP contribution in [0, 0.1) is 17.3 Å². The minimum atomic E-state index is -0.676. The normalized spacial score (nSPS) is 14.4. The van der Waals surface area contributed by atoms with Crippen LogP contribution < -0.4 is 0 Å². The predicted octanol–water partition coefficient (Wildman–Crippen LogP) is 3.56. The van der Waals surface area contributed by atoms with Gasteiger partial charge < -0.3 is 5.11 Å². The second-order valence-corrected chi connectivity index (χ2v) is 5.70. The molecule has 84 valence electrons. The van der Waals surface area contributed by atoms with E-state index >= 15 is 0 Å². The van der Waals surface area contributed by atoms with Gasteiger partial charge in [-0.2, -0.15) is 0 Å². The summed E-state index contributed by atoms with van der Waals surface area (Å²) in [7, 11) is 0. The summed E-state index contributed by atoms with van der Waals surface area (Å²) in [5.41, 5.74) is 0.299. The third kappa shape index (κ3) is 6.93. The van der Waals surface area contributed by atoms with Crippen molar-refractivity contribution in [1.29, 1.82) is 0 Å². The van der Waals surface area contributed by atoms with Crippen molar-refractivity contribution in [1.82, 2.24) is 0 Å². The summed E-state index contributed by atoms with van der Waals surface area (Å²) in [5.74, 6) is 0.434. The molecule has 2 heteroatoms. The third-order valence-corrected chi connectivity index (χ3v) is 2.55. The van der Waals surface area contributed by atoms with Gasteiger partial charge in [-0.05, 0) is 30.1 Å². The Balaban J connectivity index is 4.10. The van der Waals surface area contributed by atoms with Crippen molar-refractivity contribution < 1.29 is 9.90 Å². The van der Waals surface area contributed by atoms with E-state index in [0.717, 1.165) is 12.8 Å². The van der Waals surface area contributed by atoms with Crippen molar-refractivity contribution in [2.45, 2.75) is 53.9 Å². The zero-order valence-electron chi connectivity index (χ0n) is 10.1. The van der Waals surface area contributed by atoms with Crippen LogP contribution in [0.2, 0.25) is 0 Å². The lowest BCUT2D eigenvalue weighted by molar-refractivity contribution is -0.137. The number of carboxylic acid groups (broad SMARTS) is 1. The van der Waals surface area contributed by atoms with E-state index in [1.165, 1.54) is 0 Å². The van der Waals surface area contributed by atoms with Crippen molar-refractivity contribution in [3.05, 3.63) is 0 Å². The molecule has 0 rings (SSSR count). The van der Waals surface area contributed by atoms with Crippen LogP contribution in [0.25, 0.3) is 0 Å². The molecule has 0 aromatic rings. The Labute approximate surface area is 87.7 Å². The van der Waals surface area contributed by atoms with Crippen molar-refractivity contribution in [3.8, 4) is 0 Å². The van der Waals surface area contributed by atoms with Gasteiger partial charge in [-0.3, -0.25) is 4.79 Å². The van der Waals surface area contributed by atoms with Gasteiger partial charge in [-0.25, -0.2) is 0 Å². The van der Waals surface area contributed by atoms with Crippen molar-refractivity contribution >= 4 is 5.97 Å². The van der Waals surface area contributed by atoms with Gasteiger partial charge in [-0.15, -0.1) is 0 Å². The molecular weight excluding hydrogens is 176 g/mol. The van der Waals surface area contributed by atoms with Gasteiger partial charge in [0.1, 0.15) is 0 Å². The summed E-state index contributed by atoms with van der Waals surface area (Å²) < 4.78 is 0. The number of rotatable bonds is 5. The smallest absolute Gasteiger partial charge is 0.303 e. The largest absolute Gasteiger partial charge is 0.481 e. The van der Waals surface area contributed by atoms with Gasteiger partial charge in [0.15, 0.2) is 0 Å². The zero-order valence-corrected chi connectivity index (χ0v) is 10.1. The molecule has 0 amide bonds. The topological polar surface area (TPSA) is 37.3 Å². The number of hydrogen-bond donors (Lipinski definition) is 1. The fourth-order valence-electron chi connectivity index (χ4n) is 1.77. The number of hydrogen-bond acceptors (Lipinski definition) is 1. The average Bonchev–Trinajstić information content (AvgIpc) is 1.94. The quantitative estimate of drug-likeness (QED) is 0.736. The molecule has 0 aromatic heterocycles. The second-order valence-electron chi connectivity index (χ2n) is 5.70. The van der Waals surface area contributed by atoms with Crippen molar-refractivity contribution in [2.24, 2.45) is 17.3 Å². The molecule has 2 nitrogen and oxygen atoms in total. The molecule has 0 spiro atoms. The second kappa shape index (κ2) is 5.38. The summed E-state index contributed by atoms with van der Waals surface area (Å²) in [4.78, 5) is 10.5. The Bertz CT molecular complexity index is 177. The standard InChI is InChI=1S/C12H24O2/c1-9(2)10(6-7-11(13)14)8-12(3,4)5/h9-10H,6-8H2,1-5H3,(H,13,14). The highest BCUT2D eigenvalue weighted by Crippen LogP contribution is 2.31. The third-order valence-electron chi connectivity index (χ3n) is 2.55. The molecule has 0 aliphatic carbocycles. The first-order valence-corrected chi connectivity index (χ1v) is 5.44. The molecule has 0 radical (unpaired) electrons. The SMILES string of the molecule is CC(C)C(CCC(=O)O)CC(C)(C)C. The van der Waals surface area contributed by atoms with Crippen LogP contribution in [0.3, 0.4) is 0 Å². The van der Waals surface area contributed by atoms with E-state index in [-0.39, 0.29) is 0 Å². The molecule has 1 atom stereocenters. The number of carboxylic acids is 1. The molecule has 1 unspecified atom stereocenters. The van der Waals surface area contributed by atoms with E-state index < -0.39 is 5.97 Å². The number of carbonyl (C=O) groups is 1. The van der Waals surface area contributed by atoms with Crippen molar-refractivity contribution in [2.75, 3.05) is 0 Å². The molecule has 1 N–H and O–H groups in total. The minimum absolute atomic E-state index is 0.299. The molecule has 14 heavy (non-hydrogen) atoms. The van der Waals surface area contributed by atoms with Crippen LogP contribution in [-0.2, 0) is 4.79 Å². The molecule has 0 bridgehead atoms. The molecule has 0 aromatic carbocycles. The minimum Gasteiger partial charge on any atom is -0.481 e. The van der Waals surface area contributed by atoms with E-state index in [0.29, 0.717) is 23.7 Å². The first-order chi connectivity index (χ1) is 6.22. The first-order valence-electron chi connectivity index (χ1n) is 5.44. The van der Waals surface area contributed by atoms with E-state index in [2.05, 4.69) is 34.6 Å². The van der Waals surface area contributed by atoms with Gasteiger partial charge >= 0.3 is 5.97 Å². The predicted molar refractivity (Wildman–Crippen MR) is 59.3 cm³/mol. The van der Waals surface area contributed by atoms with Gasteiger partial charge in [0.2, 0.25) is 0 Å². The Kier molecular flexibility index (Phi) is 5.17. The lowest BCUT2D eigenvalue weighted by atomic mass is 9.77. The van der Waals surface area contributed by atoms with E-state index in [9.17, 15) is 4.79 Å². The summed E-state index contributed by atoms with van der Waals surface area (Å²) >= 11 is 0. The monoisotopic (exact) mass is 200 g/mol. The fourth-order valence-corrected chi connectivity index (χ4v) is 1.77. The molecule has 0 aliphatic heterocycles. The zero-order chi connectivity index (χ0) is 11.4. The Hall–Kier alpha value is -0.530. The van der Waals surface area contributed by atoms with Crippen LogP contribution in [0.1, 0.15) is 53.9 Å². The fraction of sp³-hybridized carbons (Fsp3) is 0.917. The summed E-state index contributed by atoms with van der Waals surface area (Å²) in [6.45, 7) is 11.0. The summed E-state index contributed by atoms with van der Waals surface area (Å²) in [6.07, 6.45) is 2.22. The van der Waals surface area contributed by atoms with Crippen LogP contribution in [0.4, 0.5) is 0 Å². The number of aliphatic carboxylic acids is 1. The maximum Gasteiger partial charge on any atom is 0.303 e. The van der Waals surface area contributed by atoms with E-state index in [1.807, 2.05) is 0 Å². The van der Waals surface area contributed by atoms with Crippen LogP contribution in [0.5, 0.6) is 0 Å². The van der Waals surface area contributed by atoms with Gasteiger partial charge in [0, 0.05) is 6.42 Å². The highest BCUT2D eigenvalue weighted by Gasteiger charge is 2.21. The average molecular weight is 200 g/mol. The molecular formula is C12H24O2. The van der Waals surface area contributed by atoms with Crippen LogP contribution in [-0.4, -0.2) is 11.1 Å². The maximum atomic E-state index is 10.5. The van der Waals surface area contributed by atoms with E-state index in [4.69, 9.17) is 5.11 Å². The van der Waals surface area contributed by atoms with Crippen molar-refractivity contribution in [3.63, 3.8) is 0 Å². The lowest BCUT2D eigenvalue weighted by Gasteiger charge is -2.28. The summed E-state index contributed by atoms with van der Waals surface area (Å²) in [5, 5.41) is 8.64. The molecule has 0 saturated heterocycles. The first kappa shape index (κ1) is 13.5. The Morgan fingerprint density at radius 3 is 2.07 bits per heavy atom. The molecule has 0 heterocycles. The van der Waals surface area contributed by atoms with Crippen LogP contribution in [0.15, 0.2) is 0 Å². The Morgan fingerprint density at radius 1 is 1.29 bits per heavy atom. The molecule has 0 fully saturated rings. The van der Waals surface area contributed by atoms with Gasteiger partial charge in [-0.1, -0.05) is 34.6 Å². The van der Waals surface area contributed by atoms with Gasteiger partial charge in [0.05, 0.1) is 0 Å². The lowest BCUT2D eigenvalue weighted by Crippen LogP contribution is -2.18. The summed E-state index contributed by atoms with van der Waals surface area (Å²) in [6, 6.07) is 0. The molecule has 0 saturated carbocycles. The van der Waals surface area contributed by atoms with E-state index in [1.54, 1.807) is 0 Å². The highest BCUT2D eigenvalue weighted by molar-refractivity contribution is 5.66. The maximum absolute atomic E-state index is 10.5. The highest BCUT2D eigenvalue weighted by atomic mass is 16.4. The van der Waals surface area contributed by atoms with Gasteiger partial charge in [0.25, 0.3) is 0 Å². The molecule has 0 aliphatic rings. The Morgan fingerprint density at radius 2 is 1.79 bits per heavy atom. The van der Waals surface area contributed by atoms with Crippen LogP contribution >= 0.6 is 0 Å².